The van der Waals surface area contributed by atoms with Crippen molar-refractivity contribution in [1.82, 2.24) is 0 Å². The minimum Gasteiger partial charge on any atom is -0.486 e. The molecule has 0 aliphatic rings. The van der Waals surface area contributed by atoms with E-state index in [-0.39, 0.29) is 5.60 Å². The van der Waals surface area contributed by atoms with Crippen LogP contribution in [0.15, 0.2) is 18.2 Å². The summed E-state index contributed by atoms with van der Waals surface area (Å²) in [7, 11) is 0. The summed E-state index contributed by atoms with van der Waals surface area (Å²) in [5.74, 6) is 0.762. The van der Waals surface area contributed by atoms with Crippen LogP contribution in [0, 0.1) is 6.92 Å². The standard InChI is InChI=1S/C11H17NO/c1-8-5-6-10(9(12)7-8)13-11(2,3)4/h5-7H,12H2,1-4H3. The van der Waals surface area contributed by atoms with E-state index in [2.05, 4.69) is 0 Å². The van der Waals surface area contributed by atoms with E-state index in [9.17, 15) is 0 Å². The number of nitrogens with two attached hydrogens (primary N) is 1. The van der Waals surface area contributed by atoms with E-state index in [1.807, 2.05) is 45.9 Å². The molecule has 1 aromatic carbocycles. The summed E-state index contributed by atoms with van der Waals surface area (Å²) in [5.41, 5.74) is 7.47. The molecule has 1 aromatic rings. The molecule has 0 radical (unpaired) electrons. The zero-order valence-electron chi connectivity index (χ0n) is 8.72. The lowest BCUT2D eigenvalue weighted by Gasteiger charge is -2.22. The average Bonchev–Trinajstić information content (AvgIpc) is 1.93. The van der Waals surface area contributed by atoms with Crippen LogP contribution in [0.2, 0.25) is 0 Å². The molecular formula is C11H17NO. The van der Waals surface area contributed by atoms with Gasteiger partial charge in [-0.1, -0.05) is 6.07 Å². The van der Waals surface area contributed by atoms with E-state index in [1.165, 1.54) is 0 Å². The molecule has 2 N–H and O–H groups in total. The van der Waals surface area contributed by atoms with Gasteiger partial charge in [0.1, 0.15) is 11.4 Å². The van der Waals surface area contributed by atoms with Gasteiger partial charge < -0.3 is 10.5 Å². The number of hydrogen-bond acceptors (Lipinski definition) is 2. The molecule has 0 saturated heterocycles. The first-order valence-electron chi connectivity index (χ1n) is 4.43. The molecule has 0 aromatic heterocycles. The molecule has 13 heavy (non-hydrogen) atoms. The zero-order valence-corrected chi connectivity index (χ0v) is 8.72. The van der Waals surface area contributed by atoms with Crippen LogP contribution in [0.1, 0.15) is 26.3 Å². The van der Waals surface area contributed by atoms with Gasteiger partial charge in [-0.3, -0.25) is 0 Å². The van der Waals surface area contributed by atoms with Crippen LogP contribution in [0.4, 0.5) is 5.69 Å². The molecule has 1 rings (SSSR count). The molecule has 0 fully saturated rings. The maximum Gasteiger partial charge on any atom is 0.142 e. The fraction of sp³-hybridized carbons (Fsp3) is 0.455. The zero-order chi connectivity index (χ0) is 10.1. The van der Waals surface area contributed by atoms with Gasteiger partial charge in [-0.2, -0.15) is 0 Å². The molecule has 2 nitrogen and oxygen atoms in total. The topological polar surface area (TPSA) is 35.2 Å². The monoisotopic (exact) mass is 179 g/mol. The van der Waals surface area contributed by atoms with Crippen molar-refractivity contribution in [3.8, 4) is 5.75 Å². The Kier molecular flexibility index (Phi) is 2.50. The van der Waals surface area contributed by atoms with Gasteiger partial charge in [-0.05, 0) is 45.4 Å². The van der Waals surface area contributed by atoms with Crippen LogP contribution in [-0.4, -0.2) is 5.60 Å². The number of anilines is 1. The van der Waals surface area contributed by atoms with Crippen molar-refractivity contribution >= 4 is 5.69 Å². The number of nitrogen functional groups attached to an aromatic ring is 1. The van der Waals surface area contributed by atoms with Crippen molar-refractivity contribution in [2.75, 3.05) is 5.73 Å². The summed E-state index contributed by atoms with van der Waals surface area (Å²) >= 11 is 0. The third-order valence-corrected chi connectivity index (χ3v) is 1.58. The molecule has 0 heterocycles. The Morgan fingerprint density at radius 1 is 1.23 bits per heavy atom. The Morgan fingerprint density at radius 2 is 1.85 bits per heavy atom. The highest BCUT2D eigenvalue weighted by Gasteiger charge is 2.13. The first-order chi connectivity index (χ1) is 5.88. The van der Waals surface area contributed by atoms with Gasteiger partial charge in [0.25, 0.3) is 0 Å². The Morgan fingerprint density at radius 3 is 2.31 bits per heavy atom. The highest BCUT2D eigenvalue weighted by molar-refractivity contribution is 5.54. The quantitative estimate of drug-likeness (QED) is 0.673. The van der Waals surface area contributed by atoms with Gasteiger partial charge >= 0.3 is 0 Å². The van der Waals surface area contributed by atoms with Gasteiger partial charge in [0, 0.05) is 0 Å². The smallest absolute Gasteiger partial charge is 0.142 e. The van der Waals surface area contributed by atoms with E-state index in [4.69, 9.17) is 10.5 Å². The van der Waals surface area contributed by atoms with Gasteiger partial charge in [0.2, 0.25) is 0 Å². The summed E-state index contributed by atoms with van der Waals surface area (Å²) < 4.78 is 5.66. The second-order valence-electron chi connectivity index (χ2n) is 4.26. The van der Waals surface area contributed by atoms with Crippen molar-refractivity contribution < 1.29 is 4.74 Å². The van der Waals surface area contributed by atoms with Crippen LogP contribution < -0.4 is 10.5 Å². The summed E-state index contributed by atoms with van der Waals surface area (Å²) in [6, 6.07) is 5.83. The molecule has 0 bridgehead atoms. The first kappa shape index (κ1) is 9.90. The summed E-state index contributed by atoms with van der Waals surface area (Å²) in [4.78, 5) is 0. The highest BCUT2D eigenvalue weighted by Crippen LogP contribution is 2.25. The van der Waals surface area contributed by atoms with Gasteiger partial charge in [0.15, 0.2) is 0 Å². The Balaban J connectivity index is 2.90. The van der Waals surface area contributed by atoms with Gasteiger partial charge in [0.05, 0.1) is 5.69 Å². The molecule has 0 atom stereocenters. The lowest BCUT2D eigenvalue weighted by molar-refractivity contribution is 0.132. The van der Waals surface area contributed by atoms with Crippen molar-refractivity contribution in [3.05, 3.63) is 23.8 Å². The molecule has 72 valence electrons. The molecule has 0 spiro atoms. The van der Waals surface area contributed by atoms with Crippen molar-refractivity contribution in [2.24, 2.45) is 0 Å². The third-order valence-electron chi connectivity index (χ3n) is 1.58. The summed E-state index contributed by atoms with van der Waals surface area (Å²) in [6.07, 6.45) is 0. The lowest BCUT2D eigenvalue weighted by Crippen LogP contribution is -2.23. The number of hydrogen-bond donors (Lipinski definition) is 1. The molecule has 0 saturated carbocycles. The highest BCUT2D eigenvalue weighted by atomic mass is 16.5. The van der Waals surface area contributed by atoms with Crippen molar-refractivity contribution in [1.29, 1.82) is 0 Å². The molecular weight excluding hydrogens is 162 g/mol. The Hall–Kier alpha value is -1.18. The minimum atomic E-state index is -0.191. The largest absolute Gasteiger partial charge is 0.486 e. The summed E-state index contributed by atoms with van der Waals surface area (Å²) in [5, 5.41) is 0. The fourth-order valence-corrected chi connectivity index (χ4v) is 1.09. The van der Waals surface area contributed by atoms with Crippen LogP contribution in [0.25, 0.3) is 0 Å². The van der Waals surface area contributed by atoms with Crippen molar-refractivity contribution in [2.45, 2.75) is 33.3 Å². The van der Waals surface area contributed by atoms with Crippen LogP contribution in [-0.2, 0) is 0 Å². The second-order valence-corrected chi connectivity index (χ2v) is 4.26. The molecule has 0 aliphatic carbocycles. The first-order valence-corrected chi connectivity index (χ1v) is 4.43. The summed E-state index contributed by atoms with van der Waals surface area (Å²) in [6.45, 7) is 8.03. The molecule has 0 aliphatic heterocycles. The Bertz CT molecular complexity index is 299. The number of ether oxygens (including phenoxy) is 1. The maximum atomic E-state index is 5.80. The van der Waals surface area contributed by atoms with Crippen LogP contribution in [0.5, 0.6) is 5.75 Å². The number of aryl methyl sites for hydroxylation is 1. The maximum absolute atomic E-state index is 5.80. The SMILES string of the molecule is Cc1ccc(OC(C)(C)C)c(N)c1. The van der Waals surface area contributed by atoms with E-state index in [0.717, 1.165) is 11.3 Å². The van der Waals surface area contributed by atoms with E-state index >= 15 is 0 Å². The predicted octanol–water partition coefficient (Wildman–Crippen LogP) is 2.75. The Labute approximate surface area is 79.7 Å². The molecule has 0 amide bonds. The van der Waals surface area contributed by atoms with Gasteiger partial charge in [-0.15, -0.1) is 0 Å². The normalized spacial score (nSPS) is 11.4. The van der Waals surface area contributed by atoms with E-state index in [0.29, 0.717) is 5.69 Å². The predicted molar refractivity (Wildman–Crippen MR) is 56.0 cm³/mol. The van der Waals surface area contributed by atoms with Crippen molar-refractivity contribution in [3.63, 3.8) is 0 Å². The average molecular weight is 179 g/mol. The molecule has 0 unspecified atom stereocenters. The third kappa shape index (κ3) is 2.98. The second kappa shape index (κ2) is 3.29. The van der Waals surface area contributed by atoms with Gasteiger partial charge in [-0.25, -0.2) is 0 Å². The van der Waals surface area contributed by atoms with Crippen LogP contribution in [0.3, 0.4) is 0 Å². The van der Waals surface area contributed by atoms with E-state index in [1.54, 1.807) is 0 Å². The lowest BCUT2D eigenvalue weighted by atomic mass is 10.1. The fourth-order valence-electron chi connectivity index (χ4n) is 1.09. The number of rotatable bonds is 1. The number of benzene rings is 1. The van der Waals surface area contributed by atoms with E-state index < -0.39 is 0 Å². The molecule has 2 heteroatoms. The van der Waals surface area contributed by atoms with Crippen LogP contribution >= 0.6 is 0 Å². The minimum absolute atomic E-state index is 0.191.